The zero-order chi connectivity index (χ0) is 35.8. The molecule has 4 aliphatic rings. The largest absolute Gasteiger partial charge is 0.508 e. The summed E-state index contributed by atoms with van der Waals surface area (Å²) in [6.07, 6.45) is 8.28. The van der Waals surface area contributed by atoms with Crippen molar-refractivity contribution >= 4 is 41.4 Å². The van der Waals surface area contributed by atoms with Gasteiger partial charge in [0.05, 0.1) is 19.1 Å². The molecule has 6 rings (SSSR count). The first kappa shape index (κ1) is 37.2. The minimum absolute atomic E-state index is 0.0961. The molecule has 4 aliphatic carbocycles. The van der Waals surface area contributed by atoms with Gasteiger partial charge in [0.15, 0.2) is 0 Å². The van der Waals surface area contributed by atoms with Crippen LogP contribution < -0.4 is 21.7 Å². The number of aromatic hydroxyl groups is 1. The molecule has 4 saturated carbocycles. The van der Waals surface area contributed by atoms with E-state index in [4.69, 9.17) is 5.73 Å². The van der Waals surface area contributed by atoms with Crippen LogP contribution in [0.4, 0.5) is 0 Å². The van der Waals surface area contributed by atoms with Crippen molar-refractivity contribution in [1.82, 2.24) is 20.9 Å². The van der Waals surface area contributed by atoms with E-state index < -0.39 is 66.4 Å². The molecule has 0 unspecified atom stereocenters. The van der Waals surface area contributed by atoms with Crippen LogP contribution in [0, 0.1) is 17.8 Å². The summed E-state index contributed by atoms with van der Waals surface area (Å²) in [6.45, 7) is -0.851. The zero-order valence-electron chi connectivity index (χ0n) is 28.5. The number of carboxylic acid groups (broad SMARTS) is 1. The lowest BCUT2D eigenvalue weighted by molar-refractivity contribution is -0.170. The maximum atomic E-state index is 14.8. The van der Waals surface area contributed by atoms with Gasteiger partial charge in [-0.25, -0.2) is 4.79 Å². The Morgan fingerprint density at radius 3 is 2.02 bits per heavy atom. The molecule has 4 amide bonds. The fourth-order valence-electron chi connectivity index (χ4n) is 8.65. The molecule has 4 fully saturated rings. The van der Waals surface area contributed by atoms with Crippen LogP contribution >= 0.6 is 11.8 Å². The Kier molecular flexibility index (Phi) is 12.4. The number of amides is 4. The maximum absolute atomic E-state index is 14.8. The fraction of sp³-hybridized carbons (Fsp3) is 0.541. The predicted molar refractivity (Wildman–Crippen MR) is 190 cm³/mol. The number of nitrogens with two attached hydrogens (primary N) is 1. The average Bonchev–Trinajstić information content (AvgIpc) is 3.08. The summed E-state index contributed by atoms with van der Waals surface area (Å²) in [4.78, 5) is 67.8. The molecule has 0 radical (unpaired) electrons. The molecule has 50 heavy (non-hydrogen) atoms. The third kappa shape index (κ3) is 9.36. The number of phenols is 1. The Bertz CT molecular complexity index is 1490. The lowest BCUT2D eigenvalue weighted by Crippen LogP contribution is -2.68. The van der Waals surface area contributed by atoms with Gasteiger partial charge >= 0.3 is 5.97 Å². The Morgan fingerprint density at radius 2 is 1.44 bits per heavy atom. The lowest BCUT2D eigenvalue weighted by atomic mass is 9.52. The van der Waals surface area contributed by atoms with E-state index in [2.05, 4.69) is 16.0 Å². The number of carbonyl (C=O) groups excluding carboxylic acids is 4. The standard InChI is InChI=1S/C37H49N5O7S/c1-50-12-11-31(36(48)49)42(37-18-25-13-26(19-37)15-27(14-25)20-37)35(47)30(17-23-5-3-2-4-6-23)41-33(45)22-39-32(44)21-40-34(46)29(38)16-24-7-9-28(43)10-8-24/h2-10,25-27,29-31,43H,11-22,38H2,1H3,(H,39,44)(H,40,46)(H,41,45)(H,48,49)/t25?,26?,27?,29-,30-,31-,37?/m0/s1. The number of benzene rings is 2. The molecule has 0 spiro atoms. The summed E-state index contributed by atoms with van der Waals surface area (Å²) in [5.74, 6) is -1.15. The van der Waals surface area contributed by atoms with Crippen LogP contribution in [0.2, 0.25) is 0 Å². The zero-order valence-corrected chi connectivity index (χ0v) is 29.3. The predicted octanol–water partition coefficient (Wildman–Crippen LogP) is 2.23. The fourth-order valence-corrected chi connectivity index (χ4v) is 9.11. The van der Waals surface area contributed by atoms with E-state index in [9.17, 15) is 34.2 Å². The van der Waals surface area contributed by atoms with E-state index in [0.717, 1.165) is 49.7 Å². The summed E-state index contributed by atoms with van der Waals surface area (Å²) in [5, 5.41) is 27.8. The van der Waals surface area contributed by atoms with E-state index in [1.807, 2.05) is 36.6 Å². The first-order valence-corrected chi connectivity index (χ1v) is 18.8. The number of nitrogens with zero attached hydrogens (tertiary/aromatic N) is 1. The first-order chi connectivity index (χ1) is 24.0. The van der Waals surface area contributed by atoms with Gasteiger partial charge < -0.3 is 36.8 Å². The molecule has 0 heterocycles. The highest BCUT2D eigenvalue weighted by molar-refractivity contribution is 7.98. The minimum atomic E-state index is -1.05. The highest BCUT2D eigenvalue weighted by atomic mass is 32.2. The van der Waals surface area contributed by atoms with Crippen molar-refractivity contribution in [1.29, 1.82) is 0 Å². The molecule has 0 aromatic heterocycles. The van der Waals surface area contributed by atoms with Gasteiger partial charge in [0.1, 0.15) is 17.8 Å². The van der Waals surface area contributed by atoms with E-state index in [-0.39, 0.29) is 18.6 Å². The Balaban J connectivity index is 1.26. The number of thioether (sulfide) groups is 1. The maximum Gasteiger partial charge on any atom is 0.326 e. The van der Waals surface area contributed by atoms with Gasteiger partial charge in [-0.15, -0.1) is 0 Å². The molecule has 13 heteroatoms. The Labute approximate surface area is 297 Å². The number of hydrogen-bond acceptors (Lipinski definition) is 8. The van der Waals surface area contributed by atoms with Crippen LogP contribution in [0.5, 0.6) is 5.75 Å². The number of carbonyl (C=O) groups is 5. The number of carboxylic acids is 1. The Hall–Kier alpha value is -4.10. The summed E-state index contributed by atoms with van der Waals surface area (Å²) in [6, 6.07) is 12.6. The van der Waals surface area contributed by atoms with Gasteiger partial charge in [-0.1, -0.05) is 42.5 Å². The second-order valence-corrected chi connectivity index (χ2v) is 15.3. The summed E-state index contributed by atoms with van der Waals surface area (Å²) >= 11 is 1.54. The van der Waals surface area contributed by atoms with E-state index in [1.54, 1.807) is 17.0 Å². The summed E-state index contributed by atoms with van der Waals surface area (Å²) < 4.78 is 0. The van der Waals surface area contributed by atoms with Crippen molar-refractivity contribution in [3.8, 4) is 5.75 Å². The average molecular weight is 708 g/mol. The van der Waals surface area contributed by atoms with Crippen molar-refractivity contribution in [2.45, 2.75) is 81.5 Å². The molecule has 12 nitrogen and oxygen atoms in total. The number of rotatable bonds is 17. The van der Waals surface area contributed by atoms with Gasteiger partial charge in [-0.05, 0) is 104 Å². The van der Waals surface area contributed by atoms with Crippen molar-refractivity contribution < 1.29 is 34.2 Å². The second-order valence-electron chi connectivity index (χ2n) is 14.3. The van der Waals surface area contributed by atoms with E-state index in [0.29, 0.717) is 29.9 Å². The van der Waals surface area contributed by atoms with Crippen LogP contribution in [0.25, 0.3) is 0 Å². The highest BCUT2D eigenvalue weighted by Gasteiger charge is 2.57. The molecule has 0 saturated heterocycles. The minimum Gasteiger partial charge on any atom is -0.508 e. The molecule has 270 valence electrons. The number of hydrogen-bond donors (Lipinski definition) is 6. The molecule has 4 bridgehead atoms. The van der Waals surface area contributed by atoms with Crippen molar-refractivity contribution in [2.75, 3.05) is 25.1 Å². The SMILES string of the molecule is CSCC[C@@H](C(=O)O)N(C(=O)[C@H](Cc1ccccc1)NC(=O)CNC(=O)CNC(=O)[C@@H](N)Cc1ccc(O)cc1)C12CC3CC(CC(C3)C1)C2. The molecular formula is C37H49N5O7S. The lowest BCUT2D eigenvalue weighted by Gasteiger charge is -2.61. The second kappa shape index (κ2) is 16.7. The topological polar surface area (TPSA) is 191 Å². The number of phenolic OH excluding ortho intramolecular Hbond substituents is 1. The molecule has 2 aromatic rings. The van der Waals surface area contributed by atoms with E-state index >= 15 is 0 Å². The molecule has 2 aromatic carbocycles. The number of aliphatic carboxylic acids is 1. The van der Waals surface area contributed by atoms with Crippen LogP contribution in [0.3, 0.4) is 0 Å². The van der Waals surface area contributed by atoms with E-state index in [1.165, 1.54) is 23.9 Å². The summed E-state index contributed by atoms with van der Waals surface area (Å²) in [7, 11) is 0. The highest BCUT2D eigenvalue weighted by Crippen LogP contribution is 2.58. The van der Waals surface area contributed by atoms with Crippen LogP contribution in [0.15, 0.2) is 54.6 Å². The van der Waals surface area contributed by atoms with Gasteiger partial charge in [0.2, 0.25) is 23.6 Å². The van der Waals surface area contributed by atoms with Crippen molar-refractivity contribution in [2.24, 2.45) is 23.5 Å². The molecule has 0 aliphatic heterocycles. The van der Waals surface area contributed by atoms with Gasteiger partial charge in [-0.3, -0.25) is 19.2 Å². The van der Waals surface area contributed by atoms with Crippen molar-refractivity contribution in [3.05, 3.63) is 65.7 Å². The third-order valence-corrected chi connectivity index (χ3v) is 11.1. The first-order valence-electron chi connectivity index (χ1n) is 17.4. The van der Waals surface area contributed by atoms with Crippen molar-refractivity contribution in [3.63, 3.8) is 0 Å². The Morgan fingerprint density at radius 1 is 0.860 bits per heavy atom. The molecule has 3 atom stereocenters. The van der Waals surface area contributed by atoms with Crippen LogP contribution in [-0.4, -0.2) is 93.5 Å². The number of nitrogens with one attached hydrogen (secondary N) is 3. The summed E-state index contributed by atoms with van der Waals surface area (Å²) in [5.41, 5.74) is 6.97. The van der Waals surface area contributed by atoms with Gasteiger partial charge in [0.25, 0.3) is 0 Å². The van der Waals surface area contributed by atoms with Gasteiger partial charge in [-0.2, -0.15) is 11.8 Å². The molecular weight excluding hydrogens is 659 g/mol. The van der Waals surface area contributed by atoms with Gasteiger partial charge in [0, 0.05) is 12.0 Å². The third-order valence-electron chi connectivity index (χ3n) is 10.5. The quantitative estimate of drug-likeness (QED) is 0.143. The van der Waals surface area contributed by atoms with Crippen LogP contribution in [0.1, 0.15) is 56.1 Å². The van der Waals surface area contributed by atoms with Crippen LogP contribution in [-0.2, 0) is 36.8 Å². The molecule has 7 N–H and O–H groups in total. The normalized spacial score (nSPS) is 23.7. The smallest absolute Gasteiger partial charge is 0.326 e. The monoisotopic (exact) mass is 707 g/mol.